The number of benzene rings is 2. The van der Waals surface area contributed by atoms with Crippen LogP contribution in [0.15, 0.2) is 41.3 Å². The molecule has 1 aliphatic rings. The van der Waals surface area contributed by atoms with Crippen LogP contribution in [0.5, 0.6) is 17.2 Å². The standard InChI is InChI=1S/C20H25NO5S/c1-5-26-16-6-8-17(9-7-16)27(22,23)21-11-10-15-12-19(24-3)20(25-4)13-18(15)14(21)2/h6-9,12-14H,5,10-11H2,1-4H3. The van der Waals surface area contributed by atoms with Crippen LogP contribution < -0.4 is 14.2 Å². The molecule has 0 fully saturated rings. The van der Waals surface area contributed by atoms with Gasteiger partial charge in [0, 0.05) is 12.6 Å². The van der Waals surface area contributed by atoms with Crippen LogP contribution in [0.25, 0.3) is 0 Å². The molecule has 1 atom stereocenters. The summed E-state index contributed by atoms with van der Waals surface area (Å²) in [6.07, 6.45) is 0.621. The zero-order valence-electron chi connectivity index (χ0n) is 16.1. The molecule has 2 aromatic rings. The van der Waals surface area contributed by atoms with E-state index in [-0.39, 0.29) is 10.9 Å². The Balaban J connectivity index is 1.94. The van der Waals surface area contributed by atoms with Gasteiger partial charge in [0.05, 0.1) is 25.7 Å². The predicted octanol–water partition coefficient (Wildman–Crippen LogP) is 3.41. The number of fused-ring (bicyclic) bond motifs is 1. The third kappa shape index (κ3) is 3.61. The quantitative estimate of drug-likeness (QED) is 0.755. The first-order valence-electron chi connectivity index (χ1n) is 8.91. The SMILES string of the molecule is CCOc1ccc(S(=O)(=O)N2CCc3cc(OC)c(OC)cc3C2C)cc1. The van der Waals surface area contributed by atoms with Crippen LogP contribution in [0.3, 0.4) is 0 Å². The molecule has 2 aromatic carbocycles. The molecule has 6 nitrogen and oxygen atoms in total. The van der Waals surface area contributed by atoms with E-state index >= 15 is 0 Å². The lowest BCUT2D eigenvalue weighted by Gasteiger charge is -2.34. The van der Waals surface area contributed by atoms with Crippen LogP contribution in [-0.4, -0.2) is 40.1 Å². The normalized spacial score (nSPS) is 17.3. The molecule has 1 heterocycles. The molecule has 0 saturated carbocycles. The molecular weight excluding hydrogens is 366 g/mol. The number of rotatable bonds is 6. The fourth-order valence-electron chi connectivity index (χ4n) is 3.46. The number of methoxy groups -OCH3 is 2. The van der Waals surface area contributed by atoms with Gasteiger partial charge in [0.15, 0.2) is 11.5 Å². The lowest BCUT2D eigenvalue weighted by atomic mass is 9.94. The largest absolute Gasteiger partial charge is 0.494 e. The lowest BCUT2D eigenvalue weighted by Crippen LogP contribution is -2.38. The molecule has 0 spiro atoms. The molecule has 0 saturated heterocycles. The summed E-state index contributed by atoms with van der Waals surface area (Å²) in [5.41, 5.74) is 2.02. The zero-order chi connectivity index (χ0) is 19.6. The van der Waals surface area contributed by atoms with Gasteiger partial charge in [-0.2, -0.15) is 4.31 Å². The Bertz CT molecular complexity index is 909. The summed E-state index contributed by atoms with van der Waals surface area (Å²) in [5.74, 6) is 1.92. The van der Waals surface area contributed by atoms with Crippen LogP contribution >= 0.6 is 0 Å². The molecule has 0 bridgehead atoms. The summed E-state index contributed by atoms with van der Waals surface area (Å²) >= 11 is 0. The van der Waals surface area contributed by atoms with E-state index in [1.165, 1.54) is 4.31 Å². The Kier molecular flexibility index (Phi) is 5.62. The summed E-state index contributed by atoms with van der Waals surface area (Å²) in [4.78, 5) is 0.265. The molecule has 0 aliphatic carbocycles. The lowest BCUT2D eigenvalue weighted by molar-refractivity contribution is 0.318. The van der Waals surface area contributed by atoms with Crippen LogP contribution in [-0.2, 0) is 16.4 Å². The van der Waals surface area contributed by atoms with Crippen LogP contribution in [0.4, 0.5) is 0 Å². The highest BCUT2D eigenvalue weighted by atomic mass is 32.2. The zero-order valence-corrected chi connectivity index (χ0v) is 16.9. The molecule has 0 amide bonds. The van der Waals surface area contributed by atoms with Crippen molar-refractivity contribution in [2.45, 2.75) is 31.2 Å². The molecule has 0 N–H and O–H groups in total. The smallest absolute Gasteiger partial charge is 0.243 e. The Morgan fingerprint density at radius 1 is 1.07 bits per heavy atom. The molecule has 0 aromatic heterocycles. The van der Waals surface area contributed by atoms with E-state index in [1.54, 1.807) is 38.5 Å². The maximum atomic E-state index is 13.2. The van der Waals surface area contributed by atoms with Crippen molar-refractivity contribution in [3.8, 4) is 17.2 Å². The van der Waals surface area contributed by atoms with Gasteiger partial charge in [-0.25, -0.2) is 8.42 Å². The van der Waals surface area contributed by atoms with E-state index in [4.69, 9.17) is 14.2 Å². The first-order valence-corrected chi connectivity index (χ1v) is 10.4. The summed E-state index contributed by atoms with van der Waals surface area (Å²) in [5, 5.41) is 0. The maximum absolute atomic E-state index is 13.2. The fourth-order valence-corrected chi connectivity index (χ4v) is 5.07. The second kappa shape index (κ2) is 7.78. The van der Waals surface area contributed by atoms with Gasteiger partial charge in [0.1, 0.15) is 5.75 Å². The van der Waals surface area contributed by atoms with Crippen molar-refractivity contribution in [2.75, 3.05) is 27.4 Å². The highest BCUT2D eigenvalue weighted by Gasteiger charge is 2.34. The Hall–Kier alpha value is -2.25. The first kappa shape index (κ1) is 19.5. The summed E-state index contributed by atoms with van der Waals surface area (Å²) in [6, 6.07) is 10.1. The van der Waals surface area contributed by atoms with E-state index in [9.17, 15) is 8.42 Å². The number of hydrogen-bond donors (Lipinski definition) is 0. The highest BCUT2D eigenvalue weighted by molar-refractivity contribution is 7.89. The summed E-state index contributed by atoms with van der Waals surface area (Å²) in [6.45, 7) is 4.74. The second-order valence-corrected chi connectivity index (χ2v) is 8.24. The van der Waals surface area contributed by atoms with Crippen LogP contribution in [0.1, 0.15) is 31.0 Å². The van der Waals surface area contributed by atoms with E-state index < -0.39 is 10.0 Å². The molecule has 27 heavy (non-hydrogen) atoms. The van der Waals surface area contributed by atoms with Crippen molar-refractivity contribution in [1.29, 1.82) is 0 Å². The molecule has 0 radical (unpaired) electrons. The minimum absolute atomic E-state index is 0.265. The number of sulfonamides is 1. The van der Waals surface area contributed by atoms with Gasteiger partial charge in [0.25, 0.3) is 0 Å². The molecule has 1 aliphatic heterocycles. The van der Waals surface area contributed by atoms with Gasteiger partial charge in [-0.1, -0.05) is 0 Å². The summed E-state index contributed by atoms with van der Waals surface area (Å²) < 4.78 is 44.1. The second-order valence-electron chi connectivity index (χ2n) is 6.35. The van der Waals surface area contributed by atoms with Gasteiger partial charge in [-0.3, -0.25) is 0 Å². The van der Waals surface area contributed by atoms with Crippen molar-refractivity contribution < 1.29 is 22.6 Å². The molecular formula is C20H25NO5S. The average Bonchev–Trinajstić information content (AvgIpc) is 2.67. The topological polar surface area (TPSA) is 65.1 Å². The van der Waals surface area contributed by atoms with Gasteiger partial charge in [-0.05, 0) is 67.8 Å². The van der Waals surface area contributed by atoms with Crippen molar-refractivity contribution in [3.05, 3.63) is 47.5 Å². The van der Waals surface area contributed by atoms with E-state index in [0.717, 1.165) is 11.1 Å². The Labute approximate surface area is 160 Å². The average molecular weight is 391 g/mol. The monoisotopic (exact) mass is 391 g/mol. The van der Waals surface area contributed by atoms with E-state index in [2.05, 4.69) is 0 Å². The maximum Gasteiger partial charge on any atom is 0.243 e. The van der Waals surface area contributed by atoms with Crippen molar-refractivity contribution in [1.82, 2.24) is 4.31 Å². The highest BCUT2D eigenvalue weighted by Crippen LogP contribution is 2.39. The summed E-state index contributed by atoms with van der Waals surface area (Å²) in [7, 11) is -0.443. The first-order chi connectivity index (χ1) is 12.9. The molecule has 7 heteroatoms. The third-order valence-corrected chi connectivity index (χ3v) is 6.85. The minimum atomic E-state index is -3.62. The number of nitrogens with zero attached hydrogens (tertiary/aromatic N) is 1. The van der Waals surface area contributed by atoms with E-state index in [0.29, 0.717) is 36.8 Å². The number of ether oxygens (including phenoxy) is 3. The predicted molar refractivity (Wildman–Crippen MR) is 103 cm³/mol. The Morgan fingerprint density at radius 2 is 1.70 bits per heavy atom. The number of hydrogen-bond acceptors (Lipinski definition) is 5. The van der Waals surface area contributed by atoms with Crippen molar-refractivity contribution >= 4 is 10.0 Å². The van der Waals surface area contributed by atoms with E-state index in [1.807, 2.05) is 26.0 Å². The van der Waals surface area contributed by atoms with Gasteiger partial charge in [-0.15, -0.1) is 0 Å². The molecule has 3 rings (SSSR count). The van der Waals surface area contributed by atoms with Gasteiger partial charge >= 0.3 is 0 Å². The van der Waals surface area contributed by atoms with Crippen molar-refractivity contribution in [3.63, 3.8) is 0 Å². The molecule has 1 unspecified atom stereocenters. The third-order valence-electron chi connectivity index (χ3n) is 4.87. The minimum Gasteiger partial charge on any atom is -0.494 e. The van der Waals surface area contributed by atoms with Crippen LogP contribution in [0, 0.1) is 0 Å². The fraction of sp³-hybridized carbons (Fsp3) is 0.400. The molecule has 146 valence electrons. The Morgan fingerprint density at radius 3 is 2.30 bits per heavy atom. The van der Waals surface area contributed by atoms with Gasteiger partial charge in [0.2, 0.25) is 10.0 Å². The van der Waals surface area contributed by atoms with Crippen LogP contribution in [0.2, 0.25) is 0 Å². The van der Waals surface area contributed by atoms with Gasteiger partial charge < -0.3 is 14.2 Å². The van der Waals surface area contributed by atoms with Crippen molar-refractivity contribution in [2.24, 2.45) is 0 Å².